The molecule has 2 aromatic carbocycles. The highest BCUT2D eigenvalue weighted by Crippen LogP contribution is 2.21. The molecule has 0 aliphatic rings. The summed E-state index contributed by atoms with van der Waals surface area (Å²) in [6.07, 6.45) is 1.85. The number of hydrogen-bond donors (Lipinski definition) is 1. The van der Waals surface area contributed by atoms with Crippen LogP contribution in [0.15, 0.2) is 60.2 Å². The Morgan fingerprint density at radius 1 is 1.15 bits per heavy atom. The van der Waals surface area contributed by atoms with E-state index < -0.39 is 5.91 Å². The zero-order valence-corrected chi connectivity index (χ0v) is 16.1. The van der Waals surface area contributed by atoms with E-state index in [1.165, 1.54) is 12.1 Å². The predicted octanol–water partition coefficient (Wildman–Crippen LogP) is 4.30. The summed E-state index contributed by atoms with van der Waals surface area (Å²) in [6.45, 7) is 7.88. The molecule has 4 nitrogen and oxygen atoms in total. The van der Waals surface area contributed by atoms with Crippen molar-refractivity contribution in [3.63, 3.8) is 0 Å². The first kappa shape index (κ1) is 20.5. The Bertz CT molecular complexity index is 768. The Labute approximate surface area is 160 Å². The second-order valence-electron chi connectivity index (χ2n) is 6.96. The van der Waals surface area contributed by atoms with Gasteiger partial charge in [-0.1, -0.05) is 32.1 Å². The fourth-order valence-corrected chi connectivity index (χ4v) is 2.57. The quantitative estimate of drug-likeness (QED) is 0.670. The third-order valence-corrected chi connectivity index (χ3v) is 4.11. The molecule has 0 spiro atoms. The van der Waals surface area contributed by atoms with Gasteiger partial charge >= 0.3 is 0 Å². The zero-order chi connectivity index (χ0) is 19.8. The normalized spacial score (nSPS) is 11.5. The first-order valence-electron chi connectivity index (χ1n) is 9.04. The Hall–Kier alpha value is -2.82. The highest BCUT2D eigenvalue weighted by Gasteiger charge is 2.09. The summed E-state index contributed by atoms with van der Waals surface area (Å²) >= 11 is 0. The average Bonchev–Trinajstić information content (AvgIpc) is 2.64. The summed E-state index contributed by atoms with van der Waals surface area (Å²) < 4.78 is 18.7. The van der Waals surface area contributed by atoms with Crippen LogP contribution in [0, 0.1) is 11.7 Å². The molecule has 0 unspecified atom stereocenters. The van der Waals surface area contributed by atoms with Crippen molar-refractivity contribution in [2.24, 2.45) is 11.7 Å². The molecule has 0 fully saturated rings. The lowest BCUT2D eigenvalue weighted by Gasteiger charge is -2.26. The zero-order valence-electron chi connectivity index (χ0n) is 16.1. The number of rotatable bonds is 9. The van der Waals surface area contributed by atoms with Crippen LogP contribution in [0.3, 0.4) is 0 Å². The largest absolute Gasteiger partial charge is 0.489 e. The van der Waals surface area contributed by atoms with Crippen molar-refractivity contribution in [3.05, 3.63) is 71.6 Å². The van der Waals surface area contributed by atoms with Crippen LogP contribution in [-0.4, -0.2) is 19.0 Å². The van der Waals surface area contributed by atoms with E-state index in [1.807, 2.05) is 30.3 Å². The summed E-state index contributed by atoms with van der Waals surface area (Å²) in [5, 5.41) is 0. The van der Waals surface area contributed by atoms with Gasteiger partial charge in [0.15, 0.2) is 0 Å². The molecule has 0 aliphatic carbocycles. The SMILES string of the molecule is CC(=CCN(CC(C)C)c1ccc(OCc2ccc(F)cc2)cc1)C(N)=O. The first-order valence-corrected chi connectivity index (χ1v) is 9.04. The smallest absolute Gasteiger partial charge is 0.244 e. The molecule has 2 aromatic rings. The van der Waals surface area contributed by atoms with E-state index in [0.29, 0.717) is 24.6 Å². The molecule has 0 heterocycles. The van der Waals surface area contributed by atoms with Crippen molar-refractivity contribution in [3.8, 4) is 5.75 Å². The maximum atomic E-state index is 12.9. The molecule has 0 aromatic heterocycles. The number of anilines is 1. The number of primary amides is 1. The van der Waals surface area contributed by atoms with Crippen molar-refractivity contribution < 1.29 is 13.9 Å². The molecule has 0 aliphatic heterocycles. The maximum absolute atomic E-state index is 12.9. The van der Waals surface area contributed by atoms with Gasteiger partial charge in [0.25, 0.3) is 0 Å². The molecule has 0 saturated heterocycles. The van der Waals surface area contributed by atoms with Crippen LogP contribution in [0.1, 0.15) is 26.3 Å². The number of hydrogen-bond acceptors (Lipinski definition) is 3. The van der Waals surface area contributed by atoms with Gasteiger partial charge in [0, 0.05) is 24.4 Å². The summed E-state index contributed by atoms with van der Waals surface area (Å²) in [7, 11) is 0. The third-order valence-electron chi connectivity index (χ3n) is 4.11. The fraction of sp³-hybridized carbons (Fsp3) is 0.318. The molecule has 2 N–H and O–H groups in total. The fourth-order valence-electron chi connectivity index (χ4n) is 2.57. The van der Waals surface area contributed by atoms with Crippen molar-refractivity contribution in [1.29, 1.82) is 0 Å². The lowest BCUT2D eigenvalue weighted by Crippen LogP contribution is -2.28. The van der Waals surface area contributed by atoms with Crippen molar-refractivity contribution in [1.82, 2.24) is 0 Å². The van der Waals surface area contributed by atoms with Crippen LogP contribution in [0.4, 0.5) is 10.1 Å². The van der Waals surface area contributed by atoms with Gasteiger partial charge in [-0.05, 0) is 54.8 Å². The minimum absolute atomic E-state index is 0.256. The van der Waals surface area contributed by atoms with E-state index in [0.717, 1.165) is 23.5 Å². The Balaban J connectivity index is 2.03. The number of nitrogens with zero attached hydrogens (tertiary/aromatic N) is 1. The van der Waals surface area contributed by atoms with Crippen LogP contribution in [0.5, 0.6) is 5.75 Å². The predicted molar refractivity (Wildman–Crippen MR) is 107 cm³/mol. The number of carbonyl (C=O) groups is 1. The van der Waals surface area contributed by atoms with E-state index in [4.69, 9.17) is 10.5 Å². The van der Waals surface area contributed by atoms with Gasteiger partial charge in [0.05, 0.1) is 0 Å². The van der Waals surface area contributed by atoms with Crippen LogP contribution in [0.2, 0.25) is 0 Å². The number of ether oxygens (including phenoxy) is 1. The van der Waals surface area contributed by atoms with Gasteiger partial charge in [0.2, 0.25) is 5.91 Å². The van der Waals surface area contributed by atoms with Crippen LogP contribution >= 0.6 is 0 Å². The summed E-state index contributed by atoms with van der Waals surface area (Å²) in [6, 6.07) is 14.1. The topological polar surface area (TPSA) is 55.6 Å². The van der Waals surface area contributed by atoms with Gasteiger partial charge in [0.1, 0.15) is 18.2 Å². The van der Waals surface area contributed by atoms with E-state index in [-0.39, 0.29) is 5.82 Å². The maximum Gasteiger partial charge on any atom is 0.244 e. The molecule has 0 saturated carbocycles. The minimum Gasteiger partial charge on any atom is -0.489 e. The van der Waals surface area contributed by atoms with Crippen molar-refractivity contribution >= 4 is 11.6 Å². The Kier molecular flexibility index (Phi) is 7.41. The van der Waals surface area contributed by atoms with Crippen LogP contribution in [0.25, 0.3) is 0 Å². The highest BCUT2D eigenvalue weighted by molar-refractivity contribution is 5.91. The molecule has 2 rings (SSSR count). The molecular formula is C22H27FN2O2. The van der Waals surface area contributed by atoms with Crippen LogP contribution in [-0.2, 0) is 11.4 Å². The first-order chi connectivity index (χ1) is 12.8. The van der Waals surface area contributed by atoms with Gasteiger partial charge < -0.3 is 15.4 Å². The standard InChI is InChI=1S/C22H27FN2O2/c1-16(2)14-25(13-12-17(3)22(24)26)20-8-10-21(11-9-20)27-15-18-4-6-19(23)7-5-18/h4-12,16H,13-15H2,1-3H3,(H2,24,26). The Morgan fingerprint density at radius 2 is 1.78 bits per heavy atom. The molecule has 0 bridgehead atoms. The monoisotopic (exact) mass is 370 g/mol. The lowest BCUT2D eigenvalue weighted by atomic mass is 10.1. The van der Waals surface area contributed by atoms with Gasteiger partial charge in [-0.25, -0.2) is 4.39 Å². The highest BCUT2D eigenvalue weighted by atomic mass is 19.1. The van der Waals surface area contributed by atoms with E-state index in [1.54, 1.807) is 19.1 Å². The number of amides is 1. The number of benzene rings is 2. The number of carbonyl (C=O) groups excluding carboxylic acids is 1. The Morgan fingerprint density at radius 3 is 2.33 bits per heavy atom. The summed E-state index contributed by atoms with van der Waals surface area (Å²) in [5.74, 6) is 0.566. The second kappa shape index (κ2) is 9.76. The number of halogens is 1. The minimum atomic E-state index is -0.399. The van der Waals surface area contributed by atoms with Gasteiger partial charge in [-0.2, -0.15) is 0 Å². The van der Waals surface area contributed by atoms with Crippen LogP contribution < -0.4 is 15.4 Å². The molecule has 144 valence electrons. The summed E-state index contributed by atoms with van der Waals surface area (Å²) in [5.41, 5.74) is 7.83. The molecule has 27 heavy (non-hydrogen) atoms. The third kappa shape index (κ3) is 6.77. The average molecular weight is 370 g/mol. The second-order valence-corrected chi connectivity index (χ2v) is 6.96. The lowest BCUT2D eigenvalue weighted by molar-refractivity contribution is -0.114. The van der Waals surface area contributed by atoms with E-state index >= 15 is 0 Å². The van der Waals surface area contributed by atoms with E-state index in [9.17, 15) is 9.18 Å². The van der Waals surface area contributed by atoms with Crippen molar-refractivity contribution in [2.45, 2.75) is 27.4 Å². The molecule has 0 radical (unpaired) electrons. The van der Waals surface area contributed by atoms with E-state index in [2.05, 4.69) is 18.7 Å². The van der Waals surface area contributed by atoms with Gasteiger partial charge in [-0.15, -0.1) is 0 Å². The summed E-state index contributed by atoms with van der Waals surface area (Å²) in [4.78, 5) is 13.4. The molecular weight excluding hydrogens is 343 g/mol. The molecule has 0 atom stereocenters. The van der Waals surface area contributed by atoms with Crippen molar-refractivity contribution in [2.75, 3.05) is 18.0 Å². The van der Waals surface area contributed by atoms with Gasteiger partial charge in [-0.3, -0.25) is 4.79 Å². The number of nitrogens with two attached hydrogens (primary N) is 1. The molecule has 5 heteroatoms. The molecule has 1 amide bonds.